The molecule has 18 heavy (non-hydrogen) atoms. The average molecular weight is 229 g/mol. The third kappa shape index (κ3) is 2.11. The van der Waals surface area contributed by atoms with Gasteiger partial charge in [-0.05, 0) is 0 Å². The van der Waals surface area contributed by atoms with E-state index >= 15 is 0 Å². The van der Waals surface area contributed by atoms with Crippen LogP contribution in [0.2, 0.25) is 0 Å². The zero-order valence-corrected chi connectivity index (χ0v) is 9.54. The minimum Gasteiger partial charge on any atom is -0.381 e. The standard InChI is InChI=1S/B9H6N9/c1-10-3-16-5-18-6-17-4-11-2-13-8(17)15-9(18)14-7(16)12-1/h10-15H. The topological polar surface area (TPSA) is 81.9 Å². The van der Waals surface area contributed by atoms with E-state index in [1.165, 1.54) is 0 Å². The Morgan fingerprint density at radius 2 is 1.22 bits per heavy atom. The molecular weight excluding hydrogens is 223 g/mol. The summed E-state index contributed by atoms with van der Waals surface area (Å²) in [6, 6.07) is 0. The quantitative estimate of drug-likeness (QED) is 0.227. The highest BCUT2D eigenvalue weighted by atomic mass is 15.4. The number of nitrogens with one attached hydrogen (secondary N) is 6. The third-order valence-corrected chi connectivity index (χ3v) is 3.16. The van der Waals surface area contributed by atoms with Crippen LogP contribution in [0, 0.1) is 0 Å². The molecule has 0 aromatic carbocycles. The average Bonchev–Trinajstić information content (AvgIpc) is 2.42. The van der Waals surface area contributed by atoms with E-state index < -0.39 is 0 Å². The Morgan fingerprint density at radius 1 is 0.667 bits per heavy atom. The number of rotatable bonds is 0. The normalized spacial score (nSPS) is 28.3. The molecule has 0 amide bonds. The Morgan fingerprint density at radius 3 is 1.78 bits per heavy atom. The van der Waals surface area contributed by atoms with Gasteiger partial charge in [-0.2, -0.15) is 0 Å². The molecule has 0 saturated carbocycles. The highest BCUT2D eigenvalue weighted by Crippen LogP contribution is 2.06. The van der Waals surface area contributed by atoms with Gasteiger partial charge in [-0.15, -0.1) is 0 Å². The molecule has 6 radical (unpaired) electrons. The second kappa shape index (κ2) is 4.96. The first-order valence-corrected chi connectivity index (χ1v) is 5.79. The van der Waals surface area contributed by atoms with Gasteiger partial charge < -0.3 is 44.7 Å². The second-order valence-electron chi connectivity index (χ2n) is 4.33. The van der Waals surface area contributed by atoms with E-state index in [0.29, 0.717) is 0 Å². The number of hydrogen-bond donors (Lipinski definition) is 6. The Labute approximate surface area is 112 Å². The molecule has 18 heteroatoms. The van der Waals surface area contributed by atoms with Crippen LogP contribution in [-0.4, -0.2) is 80.5 Å². The van der Waals surface area contributed by atoms with Crippen LogP contribution in [-0.2, 0) is 0 Å². The molecule has 6 N–H and O–H groups in total. The molecule has 0 aromatic rings. The van der Waals surface area contributed by atoms with E-state index in [0.717, 1.165) is 0 Å². The summed E-state index contributed by atoms with van der Waals surface area (Å²) < 4.78 is 6.10. The second-order valence-corrected chi connectivity index (χ2v) is 4.33. The van der Waals surface area contributed by atoms with Gasteiger partial charge in [0.05, 0.1) is 0 Å². The van der Waals surface area contributed by atoms with Crippen LogP contribution < -0.4 is 30.8 Å². The summed E-state index contributed by atoms with van der Waals surface area (Å²) in [4.78, 5) is 0. The SMILES string of the molecule is [B]1N[B]N2[B]N3[B]N4[B]N[B]NB4NB3NB2N1. The molecule has 4 aliphatic heterocycles. The summed E-state index contributed by atoms with van der Waals surface area (Å²) >= 11 is 0. The smallest absolute Gasteiger partial charge is 0.357 e. The van der Waals surface area contributed by atoms with Gasteiger partial charge in [0.1, 0.15) is 0 Å². The molecule has 4 rings (SSSR count). The van der Waals surface area contributed by atoms with Crippen LogP contribution in [0.4, 0.5) is 0 Å². The molecule has 0 unspecified atom stereocenters. The van der Waals surface area contributed by atoms with E-state index in [2.05, 4.69) is 35.5 Å². The summed E-state index contributed by atoms with van der Waals surface area (Å²) in [5.41, 5.74) is 0. The van der Waals surface area contributed by atoms with Gasteiger partial charge in [0.15, 0.2) is 0 Å². The highest BCUT2D eigenvalue weighted by Gasteiger charge is 2.48. The maximum Gasteiger partial charge on any atom is 0.357 e. The predicted molar refractivity (Wildman–Crippen MR) is 76.1 cm³/mol. The largest absolute Gasteiger partial charge is 0.381 e. The molecule has 0 spiro atoms. The van der Waals surface area contributed by atoms with Crippen molar-refractivity contribution in [2.45, 2.75) is 0 Å². The molecule has 0 atom stereocenters. The zero-order chi connectivity index (χ0) is 11.9. The Kier molecular flexibility index (Phi) is 3.31. The zero-order valence-electron chi connectivity index (χ0n) is 9.54. The molecule has 4 aliphatic rings. The fourth-order valence-electron chi connectivity index (χ4n) is 2.28. The first kappa shape index (κ1) is 12.0. The van der Waals surface area contributed by atoms with E-state index in [-0.39, 0.29) is 21.4 Å². The predicted octanol–water partition coefficient (Wildman–Crippen LogP) is -7.36. The third-order valence-electron chi connectivity index (χ3n) is 3.16. The summed E-state index contributed by atoms with van der Waals surface area (Å²) in [5, 5.41) is 19.3. The minimum absolute atomic E-state index is 0.0345. The lowest BCUT2D eigenvalue weighted by Gasteiger charge is -2.51. The first-order valence-electron chi connectivity index (χ1n) is 5.79. The van der Waals surface area contributed by atoms with Crippen molar-refractivity contribution in [2.75, 3.05) is 0 Å². The van der Waals surface area contributed by atoms with Crippen molar-refractivity contribution < 1.29 is 0 Å². The highest BCUT2D eigenvalue weighted by molar-refractivity contribution is 6.99. The van der Waals surface area contributed by atoms with E-state index in [1.807, 2.05) is 39.5 Å². The van der Waals surface area contributed by atoms with Crippen molar-refractivity contribution >= 4 is 66.6 Å². The number of hydrogen-bond acceptors (Lipinski definition) is 9. The van der Waals surface area contributed by atoms with Gasteiger partial charge in [0.2, 0.25) is 0 Å². The van der Waals surface area contributed by atoms with Crippen LogP contribution in [0.15, 0.2) is 0 Å². The van der Waals surface area contributed by atoms with Crippen LogP contribution in [0.5, 0.6) is 0 Å². The van der Waals surface area contributed by atoms with Crippen molar-refractivity contribution in [1.29, 1.82) is 0 Å². The lowest BCUT2D eigenvalue weighted by molar-refractivity contribution is 0.738. The monoisotopic (exact) mass is 231 g/mol. The van der Waals surface area contributed by atoms with Gasteiger partial charge in [-0.3, -0.25) is 0 Å². The first-order chi connectivity index (χ1) is 8.90. The Bertz CT molecular complexity index is 254. The lowest BCUT2D eigenvalue weighted by atomic mass is 9.47. The molecule has 4 fully saturated rings. The molecule has 4 saturated heterocycles. The lowest BCUT2D eigenvalue weighted by Crippen LogP contribution is -2.91. The van der Waals surface area contributed by atoms with Gasteiger partial charge in [0.25, 0.3) is 45.3 Å². The van der Waals surface area contributed by atoms with Gasteiger partial charge in [-0.1, -0.05) is 0 Å². The van der Waals surface area contributed by atoms with Crippen LogP contribution >= 0.6 is 0 Å². The van der Waals surface area contributed by atoms with Crippen molar-refractivity contribution in [3.05, 3.63) is 0 Å². The van der Waals surface area contributed by atoms with E-state index in [1.54, 1.807) is 15.1 Å². The van der Waals surface area contributed by atoms with Crippen molar-refractivity contribution in [3.63, 3.8) is 0 Å². The molecule has 0 aromatic heterocycles. The fourth-order valence-corrected chi connectivity index (χ4v) is 2.28. The molecule has 4 heterocycles. The molecule has 78 valence electrons. The Balaban J connectivity index is 1.46. The van der Waals surface area contributed by atoms with Crippen molar-refractivity contribution in [2.24, 2.45) is 0 Å². The van der Waals surface area contributed by atoms with Crippen LogP contribution in [0.25, 0.3) is 0 Å². The van der Waals surface area contributed by atoms with Gasteiger partial charge in [0, 0.05) is 0 Å². The number of nitrogens with zero attached hydrogens (tertiary/aromatic N) is 3. The minimum atomic E-state index is 0.0345. The fraction of sp³-hybridized carbons (Fsp3) is 0. The number of fused-ring (bicyclic) bond motifs is 3. The van der Waals surface area contributed by atoms with E-state index in [9.17, 15) is 0 Å². The maximum atomic E-state index is 3.44. The Hall–Kier alpha value is 0.224. The van der Waals surface area contributed by atoms with Crippen LogP contribution in [0.3, 0.4) is 0 Å². The van der Waals surface area contributed by atoms with Crippen molar-refractivity contribution in [1.82, 2.24) is 44.7 Å². The summed E-state index contributed by atoms with van der Waals surface area (Å²) in [6.45, 7) is 0. The van der Waals surface area contributed by atoms with Crippen molar-refractivity contribution in [3.8, 4) is 0 Å². The van der Waals surface area contributed by atoms with Gasteiger partial charge in [-0.25, -0.2) is 0 Å². The summed E-state index contributed by atoms with van der Waals surface area (Å²) in [6.07, 6.45) is 0. The van der Waals surface area contributed by atoms with Crippen LogP contribution in [0.1, 0.15) is 0 Å². The molecular formula is H6B9N9. The summed E-state index contributed by atoms with van der Waals surface area (Å²) in [7, 11) is 11.6. The summed E-state index contributed by atoms with van der Waals surface area (Å²) in [5.74, 6) is 0. The molecule has 0 aliphatic carbocycles. The van der Waals surface area contributed by atoms with Gasteiger partial charge >= 0.3 is 21.4 Å². The van der Waals surface area contributed by atoms with E-state index in [4.69, 9.17) is 0 Å². The maximum absolute atomic E-state index is 3.44. The molecule has 9 nitrogen and oxygen atoms in total. The molecule has 0 bridgehead atoms.